The second-order valence-corrected chi connectivity index (χ2v) is 8.19. The first kappa shape index (κ1) is 22.8. The molecule has 0 saturated carbocycles. The molecule has 1 amide bonds. The van der Waals surface area contributed by atoms with E-state index < -0.39 is 0 Å². The molecular formula is C27H30N2O4. The zero-order valence-electron chi connectivity index (χ0n) is 19.0. The quantitative estimate of drug-likeness (QED) is 0.523. The Balaban J connectivity index is 1.42. The van der Waals surface area contributed by atoms with Crippen molar-refractivity contribution >= 4 is 5.91 Å². The van der Waals surface area contributed by atoms with Crippen LogP contribution in [0.2, 0.25) is 0 Å². The van der Waals surface area contributed by atoms with Gasteiger partial charge in [-0.05, 0) is 49.1 Å². The summed E-state index contributed by atoms with van der Waals surface area (Å²) in [4.78, 5) is 17.2. The van der Waals surface area contributed by atoms with E-state index in [9.17, 15) is 4.79 Å². The van der Waals surface area contributed by atoms with Crippen LogP contribution in [0.5, 0.6) is 11.6 Å². The number of rotatable bonds is 9. The molecule has 2 aromatic carbocycles. The fourth-order valence-corrected chi connectivity index (χ4v) is 4.11. The maximum absolute atomic E-state index is 13.0. The molecule has 1 N–H and O–H groups in total. The van der Waals surface area contributed by atoms with Crippen molar-refractivity contribution in [2.75, 3.05) is 26.4 Å². The lowest BCUT2D eigenvalue weighted by Gasteiger charge is -2.38. The molecule has 0 aliphatic carbocycles. The van der Waals surface area contributed by atoms with Crippen molar-refractivity contribution in [3.05, 3.63) is 89.6 Å². The van der Waals surface area contributed by atoms with Gasteiger partial charge in [0.2, 0.25) is 5.88 Å². The zero-order valence-corrected chi connectivity index (χ0v) is 19.0. The first-order valence-electron chi connectivity index (χ1n) is 11.4. The van der Waals surface area contributed by atoms with Gasteiger partial charge in [-0.25, -0.2) is 4.98 Å². The number of benzene rings is 2. The minimum absolute atomic E-state index is 0.140. The molecule has 6 nitrogen and oxygen atoms in total. The van der Waals surface area contributed by atoms with Crippen molar-refractivity contribution in [3.8, 4) is 11.6 Å². The predicted molar refractivity (Wildman–Crippen MR) is 127 cm³/mol. The summed E-state index contributed by atoms with van der Waals surface area (Å²) in [6.07, 6.45) is 3.30. The van der Waals surface area contributed by atoms with Crippen LogP contribution in [0.3, 0.4) is 0 Å². The Bertz CT molecular complexity index is 1030. The van der Waals surface area contributed by atoms with E-state index in [1.54, 1.807) is 18.3 Å². The van der Waals surface area contributed by atoms with E-state index in [1.165, 1.54) is 5.56 Å². The Hall–Kier alpha value is -3.38. The summed E-state index contributed by atoms with van der Waals surface area (Å²) in [5, 5.41) is 3.14. The predicted octanol–water partition coefficient (Wildman–Crippen LogP) is 4.54. The molecule has 4 rings (SSSR count). The van der Waals surface area contributed by atoms with Crippen LogP contribution in [-0.2, 0) is 16.8 Å². The third kappa shape index (κ3) is 5.90. The van der Waals surface area contributed by atoms with E-state index >= 15 is 0 Å². The Labute approximate surface area is 194 Å². The highest BCUT2D eigenvalue weighted by Crippen LogP contribution is 2.35. The molecular weight excluding hydrogens is 416 g/mol. The van der Waals surface area contributed by atoms with Gasteiger partial charge in [-0.3, -0.25) is 4.79 Å². The van der Waals surface area contributed by atoms with Crippen LogP contribution >= 0.6 is 0 Å². The van der Waals surface area contributed by atoms with Gasteiger partial charge in [0.25, 0.3) is 5.91 Å². The number of hydrogen-bond donors (Lipinski definition) is 1. The summed E-state index contributed by atoms with van der Waals surface area (Å²) in [6.45, 7) is 4.90. The van der Waals surface area contributed by atoms with Crippen LogP contribution in [0.1, 0.15) is 41.3 Å². The lowest BCUT2D eigenvalue weighted by atomic mass is 9.74. The second kappa shape index (κ2) is 11.0. The van der Waals surface area contributed by atoms with Crippen molar-refractivity contribution in [3.63, 3.8) is 0 Å². The van der Waals surface area contributed by atoms with Crippen LogP contribution < -0.4 is 14.8 Å². The van der Waals surface area contributed by atoms with E-state index in [0.29, 0.717) is 44.4 Å². The SMILES string of the molecule is CCOc1ccc(C2(CNC(=O)c3ccnc(OCc4ccccc4)c3)CCOCC2)cc1. The van der Waals surface area contributed by atoms with Crippen LogP contribution in [0.25, 0.3) is 0 Å². The molecule has 1 fully saturated rings. The maximum atomic E-state index is 13.0. The topological polar surface area (TPSA) is 69.7 Å². The summed E-state index contributed by atoms with van der Waals surface area (Å²) >= 11 is 0. The standard InChI is InChI=1S/C27H30N2O4/c1-2-32-24-10-8-23(9-11-24)27(13-16-31-17-14-27)20-29-26(30)22-12-15-28-25(18-22)33-19-21-6-4-3-5-7-21/h3-12,15,18H,2,13-14,16-17,19-20H2,1H3,(H,29,30). The second-order valence-electron chi connectivity index (χ2n) is 8.19. The average Bonchev–Trinajstić information content (AvgIpc) is 2.88. The van der Waals surface area contributed by atoms with E-state index in [-0.39, 0.29) is 11.3 Å². The third-order valence-corrected chi connectivity index (χ3v) is 6.04. The zero-order chi connectivity index (χ0) is 22.9. The molecule has 0 atom stereocenters. The number of pyridine rings is 1. The highest BCUT2D eigenvalue weighted by Gasteiger charge is 2.35. The maximum Gasteiger partial charge on any atom is 0.251 e. The number of carbonyl (C=O) groups excluding carboxylic acids is 1. The number of ether oxygens (including phenoxy) is 3. The van der Waals surface area contributed by atoms with Gasteiger partial charge in [-0.2, -0.15) is 0 Å². The van der Waals surface area contributed by atoms with E-state index in [4.69, 9.17) is 14.2 Å². The highest BCUT2D eigenvalue weighted by atomic mass is 16.5. The molecule has 0 spiro atoms. The molecule has 1 saturated heterocycles. The Morgan fingerprint density at radius 2 is 1.79 bits per heavy atom. The third-order valence-electron chi connectivity index (χ3n) is 6.04. The van der Waals surface area contributed by atoms with Crippen LogP contribution in [-0.4, -0.2) is 37.3 Å². The van der Waals surface area contributed by atoms with Gasteiger partial charge in [0.05, 0.1) is 6.61 Å². The number of nitrogens with zero attached hydrogens (tertiary/aromatic N) is 1. The largest absolute Gasteiger partial charge is 0.494 e. The first-order valence-corrected chi connectivity index (χ1v) is 11.4. The minimum Gasteiger partial charge on any atom is -0.494 e. The van der Waals surface area contributed by atoms with Crippen molar-refractivity contribution in [2.45, 2.75) is 31.8 Å². The highest BCUT2D eigenvalue weighted by molar-refractivity contribution is 5.94. The van der Waals surface area contributed by atoms with Gasteiger partial charge >= 0.3 is 0 Å². The van der Waals surface area contributed by atoms with Crippen molar-refractivity contribution < 1.29 is 19.0 Å². The summed E-state index contributed by atoms with van der Waals surface area (Å²) in [7, 11) is 0. The molecule has 1 aromatic heterocycles. The fraction of sp³-hybridized carbons (Fsp3) is 0.333. The smallest absolute Gasteiger partial charge is 0.251 e. The summed E-state index contributed by atoms with van der Waals surface area (Å²) in [5.74, 6) is 1.14. The van der Waals surface area contributed by atoms with Gasteiger partial charge in [0.1, 0.15) is 12.4 Å². The van der Waals surface area contributed by atoms with Gasteiger partial charge < -0.3 is 19.5 Å². The first-order chi connectivity index (χ1) is 16.2. The van der Waals surface area contributed by atoms with Crippen molar-refractivity contribution in [1.82, 2.24) is 10.3 Å². The summed E-state index contributed by atoms with van der Waals surface area (Å²) < 4.78 is 17.0. The number of hydrogen-bond acceptors (Lipinski definition) is 5. The number of nitrogens with one attached hydrogen (secondary N) is 1. The van der Waals surface area contributed by atoms with Crippen molar-refractivity contribution in [1.29, 1.82) is 0 Å². The average molecular weight is 447 g/mol. The summed E-state index contributed by atoms with van der Waals surface area (Å²) in [6, 6.07) is 21.5. The number of carbonyl (C=O) groups is 1. The fourth-order valence-electron chi connectivity index (χ4n) is 4.11. The molecule has 0 unspecified atom stereocenters. The van der Waals surface area contributed by atoms with Crippen molar-refractivity contribution in [2.24, 2.45) is 0 Å². The number of aromatic nitrogens is 1. The molecule has 33 heavy (non-hydrogen) atoms. The number of amides is 1. The van der Waals surface area contributed by atoms with Crippen LogP contribution in [0.4, 0.5) is 0 Å². The van der Waals surface area contributed by atoms with Gasteiger partial charge in [0.15, 0.2) is 0 Å². The summed E-state index contributed by atoms with van der Waals surface area (Å²) in [5.41, 5.74) is 2.60. The normalized spacial score (nSPS) is 14.9. The Morgan fingerprint density at radius 1 is 1.03 bits per heavy atom. The Morgan fingerprint density at radius 3 is 2.52 bits per heavy atom. The molecule has 2 heterocycles. The van der Waals surface area contributed by atoms with E-state index in [2.05, 4.69) is 22.4 Å². The molecule has 0 radical (unpaired) electrons. The van der Waals surface area contributed by atoms with E-state index in [1.807, 2.05) is 49.4 Å². The molecule has 172 valence electrons. The van der Waals surface area contributed by atoms with Gasteiger partial charge in [-0.15, -0.1) is 0 Å². The lowest BCUT2D eigenvalue weighted by Crippen LogP contribution is -2.44. The van der Waals surface area contributed by atoms with Gasteiger partial charge in [0, 0.05) is 43.0 Å². The lowest BCUT2D eigenvalue weighted by molar-refractivity contribution is 0.0487. The molecule has 3 aromatic rings. The van der Waals surface area contributed by atoms with E-state index in [0.717, 1.165) is 24.2 Å². The van der Waals surface area contributed by atoms with Crippen LogP contribution in [0, 0.1) is 0 Å². The molecule has 6 heteroatoms. The Kier molecular flexibility index (Phi) is 7.58. The van der Waals surface area contributed by atoms with Crippen LogP contribution in [0.15, 0.2) is 72.9 Å². The monoisotopic (exact) mass is 446 g/mol. The minimum atomic E-state index is -0.168. The molecule has 0 bridgehead atoms. The molecule has 1 aliphatic heterocycles. The van der Waals surface area contributed by atoms with Gasteiger partial charge in [-0.1, -0.05) is 42.5 Å². The molecule has 1 aliphatic rings.